The molecule has 0 saturated heterocycles. The van der Waals surface area contributed by atoms with Crippen LogP contribution in [0.2, 0.25) is 0 Å². The van der Waals surface area contributed by atoms with Crippen molar-refractivity contribution in [3.05, 3.63) is 0 Å². The maximum Gasteiger partial charge on any atom is 0.469 e. The first kappa shape index (κ1) is 33.5. The zero-order valence-corrected chi connectivity index (χ0v) is 22.4. The Hall–Kier alpha value is -1.48. The van der Waals surface area contributed by atoms with Gasteiger partial charge >= 0.3 is 19.8 Å². The molecule has 3 N–H and O–H groups in total. The molecule has 0 fully saturated rings. The molecule has 0 radical (unpaired) electrons. The highest BCUT2D eigenvalue weighted by molar-refractivity contribution is 7.46. The third-order valence-corrected chi connectivity index (χ3v) is 5.81. The molecule has 0 unspecified atom stereocenters. The number of amides is 1. The summed E-state index contributed by atoms with van der Waals surface area (Å²) < 4.78 is 25.8. The molecule has 0 aromatic carbocycles. The van der Waals surface area contributed by atoms with Gasteiger partial charge in [0.2, 0.25) is 5.91 Å². The van der Waals surface area contributed by atoms with Crippen molar-refractivity contribution < 1.29 is 42.7 Å². The fraction of sp³-hybridized carbons (Fsp3) is 0.875. The van der Waals surface area contributed by atoms with Crippen molar-refractivity contribution in [2.75, 3.05) is 19.8 Å². The van der Waals surface area contributed by atoms with E-state index in [1.54, 1.807) is 0 Å². The summed E-state index contributed by atoms with van der Waals surface area (Å²) in [5.41, 5.74) is 0. The highest BCUT2D eigenvalue weighted by Crippen LogP contribution is 2.35. The molecular formula is C24H46NO9P. The molecule has 0 bridgehead atoms. The molecule has 0 aromatic heterocycles. The number of nitrogens with one attached hydrogen (secondary N) is 1. The van der Waals surface area contributed by atoms with Crippen molar-refractivity contribution in [3.8, 4) is 0 Å². The molecule has 0 aliphatic rings. The van der Waals surface area contributed by atoms with Crippen LogP contribution in [0.1, 0.15) is 110 Å². The average molecular weight is 524 g/mol. The third-order valence-electron chi connectivity index (χ3n) is 5.32. The normalized spacial score (nSPS) is 12.2. The molecule has 0 saturated carbocycles. The van der Waals surface area contributed by atoms with Crippen LogP contribution in [0.4, 0.5) is 0 Å². The minimum absolute atomic E-state index is 0.0453. The Balaban J connectivity index is 4.13. The maximum atomic E-state index is 12.1. The predicted molar refractivity (Wildman–Crippen MR) is 132 cm³/mol. The summed E-state index contributed by atoms with van der Waals surface area (Å²) in [6.07, 6.45) is 12.2. The van der Waals surface area contributed by atoms with Gasteiger partial charge in [0.05, 0.1) is 6.61 Å². The van der Waals surface area contributed by atoms with Crippen LogP contribution in [0.3, 0.4) is 0 Å². The molecule has 0 aromatic rings. The third kappa shape index (κ3) is 25.4. The molecule has 0 spiro atoms. The lowest BCUT2D eigenvalue weighted by Crippen LogP contribution is -2.29. The molecule has 10 nitrogen and oxygen atoms in total. The Kier molecular flexibility index (Phi) is 20.9. The molecule has 0 aliphatic heterocycles. The van der Waals surface area contributed by atoms with Crippen molar-refractivity contribution in [2.24, 2.45) is 0 Å². The summed E-state index contributed by atoms with van der Waals surface area (Å²) in [6.45, 7) is 3.42. The number of carbonyl (C=O) groups is 3. The van der Waals surface area contributed by atoms with E-state index in [1.165, 1.54) is 32.6 Å². The van der Waals surface area contributed by atoms with Gasteiger partial charge < -0.3 is 24.6 Å². The Labute approximate surface area is 210 Å². The largest absolute Gasteiger partial charge is 0.469 e. The number of hydrogen-bond donors (Lipinski definition) is 3. The molecular weight excluding hydrogens is 477 g/mol. The summed E-state index contributed by atoms with van der Waals surface area (Å²) in [5, 5.41) is 2.73. The quantitative estimate of drug-likeness (QED) is 0.0995. The van der Waals surface area contributed by atoms with Gasteiger partial charge in [-0.15, -0.1) is 0 Å². The minimum Gasteiger partial charge on any atom is -0.462 e. The number of hydrogen-bond acceptors (Lipinski definition) is 7. The van der Waals surface area contributed by atoms with Gasteiger partial charge in [-0.3, -0.25) is 18.9 Å². The molecule has 1 atom stereocenters. The van der Waals surface area contributed by atoms with Crippen LogP contribution in [-0.4, -0.2) is 53.5 Å². The van der Waals surface area contributed by atoms with E-state index in [0.29, 0.717) is 19.4 Å². The van der Waals surface area contributed by atoms with Crippen LogP contribution in [0, 0.1) is 0 Å². The molecule has 0 aliphatic carbocycles. The van der Waals surface area contributed by atoms with Crippen molar-refractivity contribution >= 4 is 25.7 Å². The van der Waals surface area contributed by atoms with E-state index in [0.717, 1.165) is 44.9 Å². The standard InChI is InChI=1S/C24H46NO9P/c1-3-4-5-6-7-8-10-14-17-24(28)34-22(20-33-35(29,30)31)19-32-23(27)16-13-11-9-12-15-18-25-21(2)26/h22H,3-20H2,1-2H3,(H,25,26)(H2,29,30,31)/t22-/m0/s1. The van der Waals surface area contributed by atoms with Crippen molar-refractivity contribution in [1.82, 2.24) is 5.32 Å². The van der Waals surface area contributed by atoms with Crippen LogP contribution in [0.15, 0.2) is 0 Å². The van der Waals surface area contributed by atoms with E-state index < -0.39 is 32.5 Å². The van der Waals surface area contributed by atoms with Crippen molar-refractivity contribution in [3.63, 3.8) is 0 Å². The molecule has 0 heterocycles. The predicted octanol–water partition coefficient (Wildman–Crippen LogP) is 4.56. The van der Waals surface area contributed by atoms with E-state index in [2.05, 4.69) is 16.8 Å². The zero-order chi connectivity index (χ0) is 26.4. The van der Waals surface area contributed by atoms with E-state index in [1.807, 2.05) is 0 Å². The van der Waals surface area contributed by atoms with E-state index in [-0.39, 0.29) is 25.4 Å². The molecule has 206 valence electrons. The van der Waals surface area contributed by atoms with Gasteiger partial charge in [-0.05, 0) is 19.3 Å². The topological polar surface area (TPSA) is 148 Å². The van der Waals surface area contributed by atoms with Crippen LogP contribution in [-0.2, 0) is 32.9 Å². The molecule has 35 heavy (non-hydrogen) atoms. The molecule has 11 heteroatoms. The van der Waals surface area contributed by atoms with Gasteiger partial charge in [0.15, 0.2) is 6.10 Å². The van der Waals surface area contributed by atoms with Gasteiger partial charge in [0.1, 0.15) is 6.61 Å². The number of phosphoric acid groups is 1. The smallest absolute Gasteiger partial charge is 0.462 e. The van der Waals surface area contributed by atoms with Crippen molar-refractivity contribution in [1.29, 1.82) is 0 Å². The highest BCUT2D eigenvalue weighted by atomic mass is 31.2. The van der Waals surface area contributed by atoms with Crippen LogP contribution < -0.4 is 5.32 Å². The van der Waals surface area contributed by atoms with Crippen LogP contribution >= 0.6 is 7.82 Å². The fourth-order valence-electron chi connectivity index (χ4n) is 3.39. The Morgan fingerprint density at radius 1 is 0.771 bits per heavy atom. The van der Waals surface area contributed by atoms with E-state index in [4.69, 9.17) is 19.3 Å². The van der Waals surface area contributed by atoms with E-state index >= 15 is 0 Å². The number of esters is 2. The number of unbranched alkanes of at least 4 members (excludes halogenated alkanes) is 11. The lowest BCUT2D eigenvalue weighted by atomic mass is 10.1. The second-order valence-corrected chi connectivity index (χ2v) is 10.0. The summed E-state index contributed by atoms with van der Waals surface area (Å²) in [4.78, 5) is 52.7. The SMILES string of the molecule is CCCCCCCCCCC(=O)O[C@@H](COC(=O)CCCCCCCNC(C)=O)COP(=O)(O)O. The Bertz CT molecular complexity index is 624. The van der Waals surface area contributed by atoms with Gasteiger partial charge in [0.25, 0.3) is 0 Å². The lowest BCUT2D eigenvalue weighted by molar-refractivity contribution is -0.161. The number of phosphoric ester groups is 1. The average Bonchev–Trinajstić information content (AvgIpc) is 2.78. The summed E-state index contributed by atoms with van der Waals surface area (Å²) in [7, 11) is -4.75. The highest BCUT2D eigenvalue weighted by Gasteiger charge is 2.22. The molecule has 1 amide bonds. The van der Waals surface area contributed by atoms with Crippen LogP contribution in [0.5, 0.6) is 0 Å². The number of carbonyl (C=O) groups excluding carboxylic acids is 3. The van der Waals surface area contributed by atoms with Gasteiger partial charge in [-0.25, -0.2) is 4.57 Å². The van der Waals surface area contributed by atoms with Crippen LogP contribution in [0.25, 0.3) is 0 Å². The second-order valence-electron chi connectivity index (χ2n) is 8.81. The maximum absolute atomic E-state index is 12.1. The Morgan fingerprint density at radius 2 is 1.29 bits per heavy atom. The second kappa shape index (κ2) is 21.8. The first-order chi connectivity index (χ1) is 16.6. The minimum atomic E-state index is -4.75. The summed E-state index contributed by atoms with van der Waals surface area (Å²) >= 11 is 0. The number of rotatable bonds is 23. The summed E-state index contributed by atoms with van der Waals surface area (Å²) in [5.74, 6) is -1.02. The first-order valence-corrected chi connectivity index (χ1v) is 14.5. The van der Waals surface area contributed by atoms with E-state index in [9.17, 15) is 18.9 Å². The zero-order valence-electron chi connectivity index (χ0n) is 21.5. The lowest BCUT2D eigenvalue weighted by Gasteiger charge is -2.18. The number of ether oxygens (including phenoxy) is 2. The van der Waals surface area contributed by atoms with Gasteiger partial charge in [0, 0.05) is 26.3 Å². The fourth-order valence-corrected chi connectivity index (χ4v) is 3.75. The van der Waals surface area contributed by atoms with Gasteiger partial charge in [-0.1, -0.05) is 71.1 Å². The van der Waals surface area contributed by atoms with Gasteiger partial charge in [-0.2, -0.15) is 0 Å². The molecule has 0 rings (SSSR count). The first-order valence-electron chi connectivity index (χ1n) is 12.9. The summed E-state index contributed by atoms with van der Waals surface area (Å²) in [6, 6.07) is 0. The monoisotopic (exact) mass is 523 g/mol. The van der Waals surface area contributed by atoms with Crippen molar-refractivity contribution in [2.45, 2.75) is 116 Å². The Morgan fingerprint density at radius 3 is 1.83 bits per heavy atom.